The molecule has 1 saturated heterocycles. The van der Waals surface area contributed by atoms with Gasteiger partial charge in [0, 0.05) is 10.7 Å². The first-order valence-corrected chi connectivity index (χ1v) is 6.49. The highest BCUT2D eigenvalue weighted by molar-refractivity contribution is 9.10. The molecule has 16 heavy (non-hydrogen) atoms. The third kappa shape index (κ3) is 2.34. The molecule has 1 N–H and O–H groups in total. The SMILES string of the molecule is CCCC1(O)CN(c2ncc(Br)cc2Cl)C1. The van der Waals surface area contributed by atoms with Crippen molar-refractivity contribution in [2.75, 3.05) is 18.0 Å². The van der Waals surface area contributed by atoms with Crippen molar-refractivity contribution in [2.24, 2.45) is 0 Å². The third-order valence-corrected chi connectivity index (χ3v) is 3.49. The number of halogens is 2. The fraction of sp³-hybridized carbons (Fsp3) is 0.545. The Morgan fingerprint density at radius 2 is 2.31 bits per heavy atom. The van der Waals surface area contributed by atoms with E-state index in [9.17, 15) is 5.11 Å². The number of rotatable bonds is 3. The van der Waals surface area contributed by atoms with Crippen molar-refractivity contribution in [1.82, 2.24) is 4.98 Å². The van der Waals surface area contributed by atoms with Crippen molar-refractivity contribution in [2.45, 2.75) is 25.4 Å². The topological polar surface area (TPSA) is 36.4 Å². The fourth-order valence-electron chi connectivity index (χ4n) is 2.08. The smallest absolute Gasteiger partial charge is 0.147 e. The van der Waals surface area contributed by atoms with Gasteiger partial charge in [-0.1, -0.05) is 24.9 Å². The van der Waals surface area contributed by atoms with Crippen molar-refractivity contribution < 1.29 is 5.11 Å². The van der Waals surface area contributed by atoms with Crippen LogP contribution in [0.1, 0.15) is 19.8 Å². The summed E-state index contributed by atoms with van der Waals surface area (Å²) in [5.41, 5.74) is -0.549. The number of aromatic nitrogens is 1. The second-order valence-electron chi connectivity index (χ2n) is 4.29. The van der Waals surface area contributed by atoms with Gasteiger partial charge in [0.25, 0.3) is 0 Å². The number of hydrogen-bond donors (Lipinski definition) is 1. The van der Waals surface area contributed by atoms with E-state index in [4.69, 9.17) is 11.6 Å². The van der Waals surface area contributed by atoms with Gasteiger partial charge in [0.1, 0.15) is 5.82 Å². The Bertz CT molecular complexity index is 394. The minimum absolute atomic E-state index is 0.549. The molecule has 2 heterocycles. The van der Waals surface area contributed by atoms with Gasteiger partial charge in [-0.3, -0.25) is 0 Å². The normalized spacial score (nSPS) is 18.4. The highest BCUT2D eigenvalue weighted by Gasteiger charge is 2.41. The van der Waals surface area contributed by atoms with Crippen LogP contribution in [0.4, 0.5) is 5.82 Å². The summed E-state index contributed by atoms with van der Waals surface area (Å²) < 4.78 is 0.866. The van der Waals surface area contributed by atoms with Crippen molar-refractivity contribution in [1.29, 1.82) is 0 Å². The quantitative estimate of drug-likeness (QED) is 0.933. The summed E-state index contributed by atoms with van der Waals surface area (Å²) in [5.74, 6) is 0.755. The second kappa shape index (κ2) is 4.51. The number of nitrogens with zero attached hydrogens (tertiary/aromatic N) is 2. The van der Waals surface area contributed by atoms with Crippen molar-refractivity contribution >= 4 is 33.3 Å². The molecule has 0 aromatic carbocycles. The van der Waals surface area contributed by atoms with Gasteiger partial charge in [-0.15, -0.1) is 0 Å². The standard InChI is InChI=1S/C11H14BrClN2O/c1-2-3-11(16)6-15(7-11)10-9(13)4-8(12)5-14-10/h4-5,16H,2-3,6-7H2,1H3. The fourth-order valence-corrected chi connectivity index (χ4v) is 2.83. The van der Waals surface area contributed by atoms with E-state index in [1.165, 1.54) is 0 Å². The molecule has 5 heteroatoms. The lowest BCUT2D eigenvalue weighted by Gasteiger charge is -2.47. The number of pyridine rings is 1. The predicted molar refractivity (Wildman–Crippen MR) is 69.0 cm³/mol. The second-order valence-corrected chi connectivity index (χ2v) is 5.61. The van der Waals surface area contributed by atoms with E-state index in [-0.39, 0.29) is 0 Å². The average Bonchev–Trinajstić information content (AvgIpc) is 2.14. The number of aliphatic hydroxyl groups is 1. The van der Waals surface area contributed by atoms with Crippen LogP contribution >= 0.6 is 27.5 Å². The van der Waals surface area contributed by atoms with E-state index in [2.05, 4.69) is 27.8 Å². The average molecular weight is 306 g/mol. The number of hydrogen-bond acceptors (Lipinski definition) is 3. The summed E-state index contributed by atoms with van der Waals surface area (Å²) in [6.45, 7) is 3.32. The van der Waals surface area contributed by atoms with Crippen molar-refractivity contribution in [3.63, 3.8) is 0 Å². The van der Waals surface area contributed by atoms with Gasteiger partial charge in [-0.25, -0.2) is 4.98 Å². The lowest BCUT2D eigenvalue weighted by atomic mass is 9.89. The molecule has 0 spiro atoms. The molecule has 0 aliphatic carbocycles. The summed E-state index contributed by atoms with van der Waals surface area (Å²) in [6.07, 6.45) is 3.54. The van der Waals surface area contributed by atoms with E-state index in [0.29, 0.717) is 18.1 Å². The minimum Gasteiger partial charge on any atom is -0.386 e. The van der Waals surface area contributed by atoms with Crippen LogP contribution in [-0.2, 0) is 0 Å². The van der Waals surface area contributed by atoms with Gasteiger partial charge in [0.05, 0.1) is 23.7 Å². The Kier molecular flexibility index (Phi) is 3.42. The van der Waals surface area contributed by atoms with Crippen molar-refractivity contribution in [3.8, 4) is 0 Å². The van der Waals surface area contributed by atoms with Crippen LogP contribution in [0.15, 0.2) is 16.7 Å². The molecule has 1 aromatic heterocycles. The molecule has 1 fully saturated rings. The molecule has 0 radical (unpaired) electrons. The Morgan fingerprint density at radius 1 is 1.62 bits per heavy atom. The van der Waals surface area contributed by atoms with Crippen LogP contribution in [0.2, 0.25) is 5.02 Å². The summed E-state index contributed by atoms with van der Waals surface area (Å²) in [4.78, 5) is 6.27. The zero-order chi connectivity index (χ0) is 11.8. The minimum atomic E-state index is -0.549. The summed E-state index contributed by atoms with van der Waals surface area (Å²) in [5, 5.41) is 10.7. The number of β-amino-alcohol motifs (C(OH)–C–C–N with tert-alkyl or cyclic N) is 1. The zero-order valence-electron chi connectivity index (χ0n) is 9.08. The summed E-state index contributed by atoms with van der Waals surface area (Å²) >= 11 is 9.41. The summed E-state index contributed by atoms with van der Waals surface area (Å²) in [6, 6.07) is 1.82. The predicted octanol–water partition coefficient (Wildman–Crippen LogP) is 2.85. The Labute approximate surface area is 109 Å². The molecule has 88 valence electrons. The molecule has 0 bridgehead atoms. The molecule has 1 aliphatic heterocycles. The molecule has 0 amide bonds. The maximum Gasteiger partial charge on any atom is 0.147 e. The highest BCUT2D eigenvalue weighted by atomic mass is 79.9. The number of anilines is 1. The molecule has 2 rings (SSSR count). The summed E-state index contributed by atoms with van der Waals surface area (Å²) in [7, 11) is 0. The van der Waals surface area contributed by atoms with E-state index < -0.39 is 5.60 Å². The molecule has 0 atom stereocenters. The third-order valence-electron chi connectivity index (χ3n) is 2.77. The van der Waals surface area contributed by atoms with Gasteiger partial charge < -0.3 is 10.0 Å². The van der Waals surface area contributed by atoms with Crippen molar-refractivity contribution in [3.05, 3.63) is 21.8 Å². The Hall–Kier alpha value is -0.320. The molecule has 0 saturated carbocycles. The molecule has 0 unspecified atom stereocenters. The van der Waals surface area contributed by atoms with Gasteiger partial charge in [-0.2, -0.15) is 0 Å². The van der Waals surface area contributed by atoms with Crippen LogP contribution in [0, 0.1) is 0 Å². The Morgan fingerprint density at radius 3 is 2.88 bits per heavy atom. The van der Waals surface area contributed by atoms with Crippen LogP contribution < -0.4 is 4.90 Å². The highest BCUT2D eigenvalue weighted by Crippen LogP contribution is 2.34. The van der Waals surface area contributed by atoms with Gasteiger partial charge in [0.2, 0.25) is 0 Å². The van der Waals surface area contributed by atoms with E-state index in [0.717, 1.165) is 23.1 Å². The zero-order valence-corrected chi connectivity index (χ0v) is 11.4. The van der Waals surface area contributed by atoms with Gasteiger partial charge in [-0.05, 0) is 28.4 Å². The molecule has 3 nitrogen and oxygen atoms in total. The maximum absolute atomic E-state index is 10.1. The maximum atomic E-state index is 10.1. The lowest BCUT2D eigenvalue weighted by molar-refractivity contribution is 0.00296. The van der Waals surface area contributed by atoms with E-state index in [1.807, 2.05) is 11.0 Å². The van der Waals surface area contributed by atoms with Crippen LogP contribution in [0.5, 0.6) is 0 Å². The van der Waals surface area contributed by atoms with Crippen LogP contribution in [0.3, 0.4) is 0 Å². The first kappa shape index (κ1) is 12.1. The largest absolute Gasteiger partial charge is 0.386 e. The monoisotopic (exact) mass is 304 g/mol. The van der Waals surface area contributed by atoms with Crippen LogP contribution in [-0.4, -0.2) is 28.8 Å². The molecule has 1 aliphatic rings. The van der Waals surface area contributed by atoms with Gasteiger partial charge >= 0.3 is 0 Å². The molecule has 1 aromatic rings. The van der Waals surface area contributed by atoms with Gasteiger partial charge in [0.15, 0.2) is 0 Å². The first-order valence-electron chi connectivity index (χ1n) is 5.32. The van der Waals surface area contributed by atoms with E-state index in [1.54, 1.807) is 6.20 Å². The lowest BCUT2D eigenvalue weighted by Crippen LogP contribution is -2.62. The van der Waals surface area contributed by atoms with Crippen LogP contribution in [0.25, 0.3) is 0 Å². The molecular weight excluding hydrogens is 291 g/mol. The first-order chi connectivity index (χ1) is 7.54. The molecular formula is C11H14BrClN2O. The Balaban J connectivity index is 2.06. The van der Waals surface area contributed by atoms with E-state index >= 15 is 0 Å².